The molecule has 1 aromatic carbocycles. The topological polar surface area (TPSA) is 29.5 Å². The zero-order chi connectivity index (χ0) is 19.6. The Balaban J connectivity index is 1.85. The second-order valence-corrected chi connectivity index (χ2v) is 9.31. The molecule has 1 fully saturated rings. The number of amides is 1. The number of ether oxygens (including phenoxy) is 1. The lowest BCUT2D eigenvalue weighted by Gasteiger charge is -2.19. The number of hydrogen-bond donors (Lipinski definition) is 0. The Kier molecular flexibility index (Phi) is 5.59. The predicted molar refractivity (Wildman–Crippen MR) is 113 cm³/mol. The molecule has 0 unspecified atom stereocenters. The highest BCUT2D eigenvalue weighted by Crippen LogP contribution is 2.53. The maximum absolute atomic E-state index is 12.7. The summed E-state index contributed by atoms with van der Waals surface area (Å²) in [6.45, 7) is 8.21. The molecule has 2 aliphatic heterocycles. The Hall–Kier alpha value is -2.30. The van der Waals surface area contributed by atoms with Gasteiger partial charge in [-0.1, -0.05) is 56.3 Å². The molecule has 3 rings (SSSR count). The summed E-state index contributed by atoms with van der Waals surface area (Å²) in [5, 5.41) is 0.0194. The fraction of sp³-hybridized carbons (Fsp3) is 0.238. The van der Waals surface area contributed by atoms with E-state index in [0.29, 0.717) is 0 Å². The van der Waals surface area contributed by atoms with Crippen molar-refractivity contribution in [3.05, 3.63) is 33.8 Å². The number of thioether (sulfide) groups is 2. The maximum Gasteiger partial charge on any atom is 0.310 e. The molecule has 2 aliphatic rings. The maximum atomic E-state index is 12.7. The first kappa shape index (κ1) is 19.5. The minimum absolute atomic E-state index is 0.0194. The van der Waals surface area contributed by atoms with Crippen molar-refractivity contribution in [1.82, 2.24) is 4.90 Å². The third kappa shape index (κ3) is 4.18. The molecule has 0 N–H and O–H groups in total. The minimum Gasteiger partial charge on any atom is -0.423 e. The van der Waals surface area contributed by atoms with Gasteiger partial charge in [0.15, 0.2) is 0 Å². The molecule has 0 spiro atoms. The molecule has 2 heterocycles. The van der Waals surface area contributed by atoms with Crippen LogP contribution in [0.25, 0.3) is 0 Å². The minimum atomic E-state index is -0.366. The molecule has 27 heavy (non-hydrogen) atoms. The van der Waals surface area contributed by atoms with Crippen LogP contribution in [0.15, 0.2) is 38.0 Å². The van der Waals surface area contributed by atoms with Crippen LogP contribution in [0.4, 0.5) is 0 Å². The van der Waals surface area contributed by atoms with Crippen molar-refractivity contribution < 1.29 is 9.53 Å². The molecule has 1 amide bonds. The van der Waals surface area contributed by atoms with Gasteiger partial charge in [0.25, 0.3) is 5.17 Å². The monoisotopic (exact) mass is 409 g/mol. The highest BCUT2D eigenvalue weighted by molar-refractivity contribution is 8.24. The van der Waals surface area contributed by atoms with E-state index in [1.165, 1.54) is 29.1 Å². The van der Waals surface area contributed by atoms with Crippen molar-refractivity contribution in [2.24, 2.45) is 0 Å². The van der Waals surface area contributed by atoms with Crippen LogP contribution in [0.2, 0.25) is 0 Å². The lowest BCUT2D eigenvalue weighted by molar-refractivity contribution is -0.121. The van der Waals surface area contributed by atoms with Crippen LogP contribution in [0.1, 0.15) is 33.3 Å². The summed E-state index contributed by atoms with van der Waals surface area (Å²) >= 11 is 8.17. The number of nitrogens with zero attached hydrogens (tertiary/aromatic N) is 1. The quantitative estimate of drug-likeness (QED) is 0.358. The van der Waals surface area contributed by atoms with E-state index < -0.39 is 0 Å². The first-order valence-corrected chi connectivity index (χ1v) is 10.1. The lowest BCUT2D eigenvalue weighted by Crippen LogP contribution is -2.22. The van der Waals surface area contributed by atoms with E-state index in [4.69, 9.17) is 17.0 Å². The number of rotatable bonds is 0. The summed E-state index contributed by atoms with van der Waals surface area (Å²) in [6.07, 6.45) is 0. The van der Waals surface area contributed by atoms with E-state index in [0.717, 1.165) is 18.9 Å². The van der Waals surface area contributed by atoms with Crippen molar-refractivity contribution in [2.45, 2.75) is 42.9 Å². The summed E-state index contributed by atoms with van der Waals surface area (Å²) in [6, 6.07) is 8.99. The molecule has 6 heteroatoms. The van der Waals surface area contributed by atoms with Gasteiger partial charge in [-0.3, -0.25) is 4.79 Å². The molecule has 0 atom stereocenters. The van der Waals surface area contributed by atoms with Crippen LogP contribution in [-0.4, -0.2) is 16.0 Å². The zero-order valence-electron chi connectivity index (χ0n) is 15.2. The Morgan fingerprint density at radius 2 is 1.78 bits per heavy atom. The summed E-state index contributed by atoms with van der Waals surface area (Å²) < 4.78 is 6.32. The van der Waals surface area contributed by atoms with Gasteiger partial charge >= 0.3 is 5.91 Å². The average molecular weight is 410 g/mol. The number of thiocarbonyl (C=S) groups is 1. The standard InChI is InChI=1S/C21H15NO2S3/c1-5-6-7-8-9-12-22-18(23)17(24-20(22)25)19-26-15-11-10-14(21(2,3)4)13-16(15)27-19/h10-11,13H,1-4H3. The van der Waals surface area contributed by atoms with Crippen molar-refractivity contribution in [3.8, 4) is 35.6 Å². The van der Waals surface area contributed by atoms with E-state index in [1.807, 2.05) is 0 Å². The summed E-state index contributed by atoms with van der Waals surface area (Å²) in [7, 11) is 0. The average Bonchev–Trinajstić information content (AvgIpc) is 3.15. The van der Waals surface area contributed by atoms with Crippen LogP contribution in [-0.2, 0) is 14.9 Å². The molecule has 0 aliphatic carbocycles. The van der Waals surface area contributed by atoms with Gasteiger partial charge < -0.3 is 4.74 Å². The van der Waals surface area contributed by atoms with Gasteiger partial charge in [-0.05, 0) is 54.1 Å². The third-order valence-electron chi connectivity index (χ3n) is 3.65. The Morgan fingerprint density at radius 3 is 2.48 bits per heavy atom. The van der Waals surface area contributed by atoms with E-state index >= 15 is 0 Å². The third-order valence-corrected chi connectivity index (χ3v) is 6.42. The molecule has 3 nitrogen and oxygen atoms in total. The van der Waals surface area contributed by atoms with Gasteiger partial charge in [-0.2, -0.15) is 4.90 Å². The second-order valence-electron chi connectivity index (χ2n) is 6.60. The summed E-state index contributed by atoms with van der Waals surface area (Å²) in [5.74, 6) is 12.8. The highest BCUT2D eigenvalue weighted by atomic mass is 32.2. The number of hydrogen-bond acceptors (Lipinski definition) is 5. The number of fused-ring (bicyclic) bond motifs is 1. The van der Waals surface area contributed by atoms with Crippen molar-refractivity contribution in [1.29, 1.82) is 0 Å². The van der Waals surface area contributed by atoms with Gasteiger partial charge in [-0.15, -0.1) is 0 Å². The summed E-state index contributed by atoms with van der Waals surface area (Å²) in [4.78, 5) is 16.0. The molecule has 1 aromatic rings. The Labute approximate surface area is 173 Å². The van der Waals surface area contributed by atoms with Crippen LogP contribution < -0.4 is 0 Å². The van der Waals surface area contributed by atoms with Crippen LogP contribution in [0.5, 0.6) is 0 Å². The predicted octanol–water partition coefficient (Wildman–Crippen LogP) is 4.48. The van der Waals surface area contributed by atoms with E-state index in [2.05, 4.69) is 74.6 Å². The molecule has 0 bridgehead atoms. The van der Waals surface area contributed by atoms with Crippen molar-refractivity contribution >= 4 is 46.8 Å². The van der Waals surface area contributed by atoms with E-state index in [1.54, 1.807) is 6.92 Å². The smallest absolute Gasteiger partial charge is 0.310 e. The molecule has 0 radical (unpaired) electrons. The van der Waals surface area contributed by atoms with E-state index in [9.17, 15) is 4.79 Å². The zero-order valence-corrected chi connectivity index (χ0v) is 17.7. The van der Waals surface area contributed by atoms with Gasteiger partial charge in [-0.25, -0.2) is 0 Å². The highest BCUT2D eigenvalue weighted by Gasteiger charge is 2.38. The van der Waals surface area contributed by atoms with E-state index in [-0.39, 0.29) is 22.3 Å². The van der Waals surface area contributed by atoms with Crippen molar-refractivity contribution in [2.75, 3.05) is 0 Å². The first-order chi connectivity index (χ1) is 12.8. The SMILES string of the molecule is CC#CC#CC#CN1C(=O)C(=C2Sc3ccc(C(C)(C)C)cc3S2)OC1=S. The lowest BCUT2D eigenvalue weighted by atomic mass is 9.87. The first-order valence-electron chi connectivity index (χ1n) is 8.04. The Morgan fingerprint density at radius 1 is 1.07 bits per heavy atom. The number of carbonyl (C=O) groups excluding carboxylic acids is 1. The Bertz CT molecular complexity index is 1060. The molecule has 0 saturated carbocycles. The van der Waals surface area contributed by atoms with Crippen molar-refractivity contribution in [3.63, 3.8) is 0 Å². The molecular weight excluding hydrogens is 394 g/mol. The molecule has 134 valence electrons. The number of benzene rings is 1. The summed E-state index contributed by atoms with van der Waals surface area (Å²) in [5.41, 5.74) is 1.31. The van der Waals surface area contributed by atoms with Crippen LogP contribution in [0, 0.1) is 35.6 Å². The molecular formula is C21H15NO2S3. The molecule has 1 saturated heterocycles. The van der Waals surface area contributed by atoms with Gasteiger partial charge in [0.2, 0.25) is 5.76 Å². The normalized spacial score (nSPS) is 17.9. The van der Waals surface area contributed by atoms with Gasteiger partial charge in [0.05, 0.1) is 4.24 Å². The fourth-order valence-corrected chi connectivity index (χ4v) is 4.91. The molecule has 0 aromatic heterocycles. The van der Waals surface area contributed by atoms with Gasteiger partial charge in [0.1, 0.15) is 0 Å². The van der Waals surface area contributed by atoms with Crippen LogP contribution >= 0.6 is 35.7 Å². The fourth-order valence-electron chi connectivity index (χ4n) is 2.25. The largest absolute Gasteiger partial charge is 0.423 e. The van der Waals surface area contributed by atoms with Crippen LogP contribution in [0.3, 0.4) is 0 Å². The number of carbonyl (C=O) groups is 1. The second kappa shape index (κ2) is 7.75. The van der Waals surface area contributed by atoms with Gasteiger partial charge in [0, 0.05) is 27.7 Å².